The van der Waals surface area contributed by atoms with Crippen LogP contribution in [0.1, 0.15) is 25.7 Å². The SMILES string of the molecule is COCC1CCC(C[O])CC1. The summed E-state index contributed by atoms with van der Waals surface area (Å²) in [5.41, 5.74) is 0. The van der Waals surface area contributed by atoms with Crippen LogP contribution in [0.15, 0.2) is 0 Å². The molecule has 1 aliphatic rings. The van der Waals surface area contributed by atoms with Crippen LogP contribution >= 0.6 is 0 Å². The third-order valence-corrected chi connectivity index (χ3v) is 2.60. The molecule has 0 aromatic carbocycles. The molecule has 11 heavy (non-hydrogen) atoms. The highest BCUT2D eigenvalue weighted by atomic mass is 16.5. The Labute approximate surface area is 68.6 Å². The first-order valence-electron chi connectivity index (χ1n) is 4.44. The maximum atomic E-state index is 10.5. The molecule has 0 spiro atoms. The van der Waals surface area contributed by atoms with Crippen LogP contribution in [-0.2, 0) is 9.84 Å². The Morgan fingerprint density at radius 3 is 2.18 bits per heavy atom. The van der Waals surface area contributed by atoms with Gasteiger partial charge in [0, 0.05) is 13.7 Å². The second kappa shape index (κ2) is 4.73. The van der Waals surface area contributed by atoms with Crippen LogP contribution in [0.25, 0.3) is 0 Å². The summed E-state index contributed by atoms with van der Waals surface area (Å²) >= 11 is 0. The normalized spacial score (nSPS) is 32.2. The molecule has 0 amide bonds. The molecule has 0 aromatic heterocycles. The molecule has 0 aliphatic heterocycles. The minimum Gasteiger partial charge on any atom is -0.384 e. The second-order valence-electron chi connectivity index (χ2n) is 3.51. The monoisotopic (exact) mass is 157 g/mol. The Bertz CT molecular complexity index is 95.7. The van der Waals surface area contributed by atoms with Gasteiger partial charge in [0.1, 0.15) is 0 Å². The minimum atomic E-state index is 0.125. The molecule has 1 radical (unpaired) electrons. The van der Waals surface area contributed by atoms with Crippen molar-refractivity contribution in [3.63, 3.8) is 0 Å². The van der Waals surface area contributed by atoms with Crippen LogP contribution in [0.2, 0.25) is 0 Å². The highest BCUT2D eigenvalue weighted by Gasteiger charge is 2.20. The van der Waals surface area contributed by atoms with E-state index in [4.69, 9.17) is 4.74 Å². The lowest BCUT2D eigenvalue weighted by atomic mass is 9.83. The van der Waals surface area contributed by atoms with Crippen LogP contribution in [-0.4, -0.2) is 20.3 Å². The van der Waals surface area contributed by atoms with Gasteiger partial charge in [0.25, 0.3) is 0 Å². The Balaban J connectivity index is 2.14. The molecule has 0 saturated heterocycles. The van der Waals surface area contributed by atoms with Crippen molar-refractivity contribution in [1.29, 1.82) is 0 Å². The Hall–Kier alpha value is -0.0800. The van der Waals surface area contributed by atoms with Gasteiger partial charge in [-0.1, -0.05) is 0 Å². The van der Waals surface area contributed by atoms with Crippen molar-refractivity contribution >= 4 is 0 Å². The molecule has 2 nitrogen and oxygen atoms in total. The van der Waals surface area contributed by atoms with Gasteiger partial charge in [-0.2, -0.15) is 0 Å². The number of hydrogen-bond donors (Lipinski definition) is 0. The highest BCUT2D eigenvalue weighted by Crippen LogP contribution is 2.28. The zero-order valence-electron chi connectivity index (χ0n) is 7.21. The van der Waals surface area contributed by atoms with Gasteiger partial charge in [0.05, 0.1) is 6.61 Å². The van der Waals surface area contributed by atoms with Crippen molar-refractivity contribution in [2.75, 3.05) is 20.3 Å². The Morgan fingerprint density at radius 2 is 1.73 bits per heavy atom. The number of ether oxygens (including phenoxy) is 1. The van der Waals surface area contributed by atoms with Crippen LogP contribution in [0.5, 0.6) is 0 Å². The quantitative estimate of drug-likeness (QED) is 0.615. The summed E-state index contributed by atoms with van der Waals surface area (Å²) in [6, 6.07) is 0. The summed E-state index contributed by atoms with van der Waals surface area (Å²) in [6.45, 7) is 1.01. The fourth-order valence-corrected chi connectivity index (χ4v) is 1.80. The van der Waals surface area contributed by atoms with Crippen molar-refractivity contribution in [2.24, 2.45) is 11.8 Å². The van der Waals surface area contributed by atoms with Gasteiger partial charge in [0.2, 0.25) is 0 Å². The van der Waals surface area contributed by atoms with Gasteiger partial charge < -0.3 is 4.74 Å². The molecule has 0 N–H and O–H groups in total. The van der Waals surface area contributed by atoms with Crippen LogP contribution < -0.4 is 0 Å². The van der Waals surface area contributed by atoms with Gasteiger partial charge in [-0.25, -0.2) is 5.11 Å². The summed E-state index contributed by atoms with van der Waals surface area (Å²) in [5, 5.41) is 10.5. The molecule has 0 unspecified atom stereocenters. The fourth-order valence-electron chi connectivity index (χ4n) is 1.80. The van der Waals surface area contributed by atoms with Gasteiger partial charge in [0.15, 0.2) is 0 Å². The first kappa shape index (κ1) is 9.01. The average Bonchev–Trinajstić information content (AvgIpc) is 2.07. The molecule has 0 aromatic rings. The number of hydrogen-bond acceptors (Lipinski definition) is 1. The largest absolute Gasteiger partial charge is 0.384 e. The molecule has 2 heteroatoms. The topological polar surface area (TPSA) is 29.1 Å². The van der Waals surface area contributed by atoms with Crippen molar-refractivity contribution in [3.05, 3.63) is 0 Å². The molecule has 1 fully saturated rings. The van der Waals surface area contributed by atoms with E-state index in [1.54, 1.807) is 7.11 Å². The molecule has 65 valence electrons. The van der Waals surface area contributed by atoms with Gasteiger partial charge in [-0.05, 0) is 37.5 Å². The third kappa shape index (κ3) is 2.80. The van der Waals surface area contributed by atoms with E-state index in [1.807, 2.05) is 0 Å². The van der Waals surface area contributed by atoms with E-state index in [0.717, 1.165) is 25.4 Å². The zero-order chi connectivity index (χ0) is 8.10. The molecule has 0 atom stereocenters. The Morgan fingerprint density at radius 1 is 1.18 bits per heavy atom. The fraction of sp³-hybridized carbons (Fsp3) is 1.00. The summed E-state index contributed by atoms with van der Waals surface area (Å²) in [7, 11) is 1.75. The van der Waals surface area contributed by atoms with Gasteiger partial charge >= 0.3 is 0 Å². The zero-order valence-corrected chi connectivity index (χ0v) is 7.21. The summed E-state index contributed by atoms with van der Waals surface area (Å²) in [4.78, 5) is 0. The lowest BCUT2D eigenvalue weighted by Crippen LogP contribution is -2.19. The first-order chi connectivity index (χ1) is 5.36. The summed E-state index contributed by atoms with van der Waals surface area (Å²) < 4.78 is 5.07. The third-order valence-electron chi connectivity index (χ3n) is 2.60. The van der Waals surface area contributed by atoms with E-state index in [0.29, 0.717) is 5.92 Å². The molecule has 1 saturated carbocycles. The van der Waals surface area contributed by atoms with Crippen molar-refractivity contribution in [2.45, 2.75) is 25.7 Å². The Kier molecular flexibility index (Phi) is 3.87. The predicted octanol–water partition coefficient (Wildman–Crippen LogP) is 1.87. The maximum Gasteiger partial charge on any atom is 0.0850 e. The first-order valence-corrected chi connectivity index (χ1v) is 4.44. The molecular formula is C9H17O2. The number of methoxy groups -OCH3 is 1. The van der Waals surface area contributed by atoms with Crippen molar-refractivity contribution < 1.29 is 9.84 Å². The molecule has 1 aliphatic carbocycles. The lowest BCUT2D eigenvalue weighted by molar-refractivity contribution is 0.0805. The lowest BCUT2D eigenvalue weighted by Gasteiger charge is -2.25. The van der Waals surface area contributed by atoms with E-state index < -0.39 is 0 Å². The van der Waals surface area contributed by atoms with Crippen LogP contribution in [0, 0.1) is 11.8 Å². The predicted molar refractivity (Wildman–Crippen MR) is 42.9 cm³/mol. The van der Waals surface area contributed by atoms with Crippen LogP contribution in [0.3, 0.4) is 0 Å². The summed E-state index contributed by atoms with van der Waals surface area (Å²) in [6.07, 6.45) is 4.64. The van der Waals surface area contributed by atoms with E-state index in [-0.39, 0.29) is 6.61 Å². The van der Waals surface area contributed by atoms with Crippen molar-refractivity contribution in [1.82, 2.24) is 0 Å². The van der Waals surface area contributed by atoms with E-state index in [2.05, 4.69) is 0 Å². The molecule has 0 bridgehead atoms. The number of rotatable bonds is 3. The van der Waals surface area contributed by atoms with E-state index in [1.165, 1.54) is 12.8 Å². The van der Waals surface area contributed by atoms with E-state index >= 15 is 0 Å². The molecular weight excluding hydrogens is 140 g/mol. The van der Waals surface area contributed by atoms with E-state index in [9.17, 15) is 5.11 Å². The standard InChI is InChI=1S/C9H17O2/c1-11-7-9-4-2-8(6-10)3-5-9/h8-9H,2-7H2,1H3. The average molecular weight is 157 g/mol. The smallest absolute Gasteiger partial charge is 0.0850 e. The second-order valence-corrected chi connectivity index (χ2v) is 3.51. The molecule has 1 rings (SSSR count). The highest BCUT2D eigenvalue weighted by molar-refractivity contribution is 4.71. The maximum absolute atomic E-state index is 10.5. The molecule has 0 heterocycles. The van der Waals surface area contributed by atoms with Crippen molar-refractivity contribution in [3.8, 4) is 0 Å². The van der Waals surface area contributed by atoms with Gasteiger partial charge in [-0.15, -0.1) is 0 Å². The van der Waals surface area contributed by atoms with Crippen LogP contribution in [0.4, 0.5) is 0 Å². The minimum absolute atomic E-state index is 0.125. The van der Waals surface area contributed by atoms with Gasteiger partial charge in [-0.3, -0.25) is 0 Å². The summed E-state index contributed by atoms with van der Waals surface area (Å²) in [5.74, 6) is 1.19.